The first-order valence-electron chi connectivity index (χ1n) is 12.1. The molecule has 0 N–H and O–H groups in total. The summed E-state index contributed by atoms with van der Waals surface area (Å²) in [6, 6.07) is 13.2. The molecule has 0 radical (unpaired) electrons. The molecule has 1 amide bonds. The number of carbonyl (C=O) groups excluding carboxylic acids is 1. The number of benzene rings is 1. The number of nitrogens with zero attached hydrogens (tertiary/aromatic N) is 8. The Hall–Kier alpha value is -4.41. The molecule has 0 atom stereocenters. The second-order valence-electron chi connectivity index (χ2n) is 8.97. The van der Waals surface area contributed by atoms with Crippen molar-refractivity contribution in [2.75, 3.05) is 45.3 Å². The molecule has 0 aliphatic carbocycles. The highest BCUT2D eigenvalue weighted by Crippen LogP contribution is 2.33. The van der Waals surface area contributed by atoms with Crippen LogP contribution in [-0.2, 0) is 7.05 Å². The number of rotatable bonds is 6. The fourth-order valence-electron chi connectivity index (χ4n) is 4.57. The van der Waals surface area contributed by atoms with Crippen LogP contribution in [0.25, 0.3) is 17.1 Å². The Labute approximate surface area is 215 Å². The fraction of sp³-hybridized carbons (Fsp3) is 0.346. The van der Waals surface area contributed by atoms with E-state index in [0.717, 1.165) is 22.8 Å². The molecule has 1 aliphatic heterocycles. The predicted octanol–water partition coefficient (Wildman–Crippen LogP) is 2.66. The maximum atomic E-state index is 13.4. The maximum Gasteiger partial charge on any atom is 0.272 e. The van der Waals surface area contributed by atoms with E-state index in [1.54, 1.807) is 36.7 Å². The van der Waals surface area contributed by atoms with Gasteiger partial charge in [0.05, 0.1) is 25.6 Å². The molecule has 3 aromatic heterocycles. The Balaban J connectivity index is 1.27. The summed E-state index contributed by atoms with van der Waals surface area (Å²) in [7, 11) is 5.00. The third kappa shape index (κ3) is 4.72. The molecule has 0 unspecified atom stereocenters. The molecule has 1 aromatic carbocycles. The summed E-state index contributed by atoms with van der Waals surface area (Å²) in [6.07, 6.45) is 0. The minimum Gasteiger partial charge on any atom is -0.497 e. The van der Waals surface area contributed by atoms with Crippen LogP contribution in [-0.4, -0.2) is 81.0 Å². The zero-order chi connectivity index (χ0) is 26.1. The molecule has 0 saturated carbocycles. The third-order valence-corrected chi connectivity index (χ3v) is 6.54. The van der Waals surface area contributed by atoms with Crippen LogP contribution in [0.2, 0.25) is 0 Å². The Morgan fingerprint density at radius 1 is 0.865 bits per heavy atom. The van der Waals surface area contributed by atoms with Crippen LogP contribution in [0.5, 0.6) is 11.5 Å². The lowest BCUT2D eigenvalue weighted by molar-refractivity contribution is 0.0735. The molecule has 11 heteroatoms. The molecule has 37 heavy (non-hydrogen) atoms. The van der Waals surface area contributed by atoms with Crippen LogP contribution in [0.1, 0.15) is 21.9 Å². The van der Waals surface area contributed by atoms with Gasteiger partial charge in [0.2, 0.25) is 0 Å². The van der Waals surface area contributed by atoms with Gasteiger partial charge in [-0.2, -0.15) is 10.2 Å². The lowest BCUT2D eigenvalue weighted by atomic mass is 10.1. The van der Waals surface area contributed by atoms with Crippen LogP contribution in [0.15, 0.2) is 42.5 Å². The van der Waals surface area contributed by atoms with Gasteiger partial charge in [0, 0.05) is 44.5 Å². The molecule has 192 valence electrons. The smallest absolute Gasteiger partial charge is 0.272 e. The summed E-state index contributed by atoms with van der Waals surface area (Å²) in [6.45, 7) is 6.41. The Morgan fingerprint density at radius 3 is 2.22 bits per heavy atom. The largest absolute Gasteiger partial charge is 0.497 e. The lowest BCUT2D eigenvalue weighted by Gasteiger charge is -2.35. The van der Waals surface area contributed by atoms with Gasteiger partial charge in [-0.3, -0.25) is 9.48 Å². The summed E-state index contributed by atoms with van der Waals surface area (Å²) in [5.74, 6) is 2.76. The quantitative estimate of drug-likeness (QED) is 0.397. The van der Waals surface area contributed by atoms with Crippen molar-refractivity contribution >= 4 is 11.7 Å². The Morgan fingerprint density at radius 2 is 1.59 bits per heavy atom. The van der Waals surface area contributed by atoms with E-state index in [2.05, 4.69) is 25.3 Å². The van der Waals surface area contributed by atoms with Gasteiger partial charge in [-0.05, 0) is 56.3 Å². The number of hydrogen-bond acceptors (Lipinski definition) is 8. The molecular formula is C26H30N8O3. The van der Waals surface area contributed by atoms with Crippen molar-refractivity contribution in [3.63, 3.8) is 0 Å². The van der Waals surface area contributed by atoms with Crippen LogP contribution in [0, 0.1) is 13.8 Å². The first kappa shape index (κ1) is 24.3. The monoisotopic (exact) mass is 502 g/mol. The topological polar surface area (TPSA) is 103 Å². The highest BCUT2D eigenvalue weighted by molar-refractivity contribution is 5.94. The lowest BCUT2D eigenvalue weighted by Crippen LogP contribution is -2.49. The molecule has 0 spiro atoms. The first-order chi connectivity index (χ1) is 17.9. The van der Waals surface area contributed by atoms with E-state index < -0.39 is 0 Å². The van der Waals surface area contributed by atoms with Gasteiger partial charge in [0.1, 0.15) is 17.2 Å². The van der Waals surface area contributed by atoms with Crippen LogP contribution < -0.4 is 14.4 Å². The van der Waals surface area contributed by atoms with Crippen molar-refractivity contribution in [1.29, 1.82) is 0 Å². The number of amides is 1. The van der Waals surface area contributed by atoms with Crippen molar-refractivity contribution in [3.8, 4) is 28.6 Å². The highest BCUT2D eigenvalue weighted by atomic mass is 16.5. The van der Waals surface area contributed by atoms with E-state index in [9.17, 15) is 4.79 Å². The minimum atomic E-state index is -0.0614. The van der Waals surface area contributed by atoms with Gasteiger partial charge >= 0.3 is 0 Å². The van der Waals surface area contributed by atoms with Gasteiger partial charge in [-0.1, -0.05) is 0 Å². The van der Waals surface area contributed by atoms with E-state index in [-0.39, 0.29) is 5.91 Å². The van der Waals surface area contributed by atoms with E-state index in [4.69, 9.17) is 9.47 Å². The maximum absolute atomic E-state index is 13.4. The number of piperazine rings is 1. The summed E-state index contributed by atoms with van der Waals surface area (Å²) in [5.41, 5.74) is 3.88. The van der Waals surface area contributed by atoms with E-state index >= 15 is 0 Å². The number of methoxy groups -OCH3 is 2. The highest BCUT2D eigenvalue weighted by Gasteiger charge is 2.26. The van der Waals surface area contributed by atoms with Gasteiger partial charge in [0.25, 0.3) is 5.91 Å². The predicted molar refractivity (Wildman–Crippen MR) is 138 cm³/mol. The number of aromatic nitrogens is 6. The summed E-state index contributed by atoms with van der Waals surface area (Å²) in [4.78, 5) is 17.4. The van der Waals surface area contributed by atoms with Crippen molar-refractivity contribution < 1.29 is 14.3 Å². The second-order valence-corrected chi connectivity index (χ2v) is 8.97. The van der Waals surface area contributed by atoms with Gasteiger partial charge in [-0.25, -0.2) is 4.68 Å². The molecule has 5 rings (SSSR count). The molecule has 0 bridgehead atoms. The summed E-state index contributed by atoms with van der Waals surface area (Å²) >= 11 is 0. The number of hydrogen-bond donors (Lipinski definition) is 0. The summed E-state index contributed by atoms with van der Waals surface area (Å²) in [5, 5.41) is 17.8. The minimum absolute atomic E-state index is 0.0614. The van der Waals surface area contributed by atoms with E-state index in [1.807, 2.05) is 55.1 Å². The average molecular weight is 503 g/mol. The molecule has 1 fully saturated rings. The number of aryl methyl sites for hydroxylation is 3. The zero-order valence-corrected chi connectivity index (χ0v) is 21.7. The number of anilines is 1. The van der Waals surface area contributed by atoms with Crippen molar-refractivity contribution in [3.05, 3.63) is 59.5 Å². The van der Waals surface area contributed by atoms with E-state index in [0.29, 0.717) is 54.9 Å². The number of carbonyl (C=O) groups is 1. The van der Waals surface area contributed by atoms with Crippen LogP contribution in [0.4, 0.5) is 5.82 Å². The molecule has 4 heterocycles. The van der Waals surface area contributed by atoms with Crippen molar-refractivity contribution in [2.45, 2.75) is 13.8 Å². The third-order valence-electron chi connectivity index (χ3n) is 6.54. The van der Waals surface area contributed by atoms with Crippen molar-refractivity contribution in [1.82, 2.24) is 34.7 Å². The Kier molecular flexibility index (Phi) is 6.51. The van der Waals surface area contributed by atoms with Crippen LogP contribution in [0.3, 0.4) is 0 Å². The molecule has 1 aliphatic rings. The average Bonchev–Trinajstić information content (AvgIpc) is 3.48. The SMILES string of the molecule is COc1ccc(OC)c(-c2cc(C(=O)N3CCN(c4ccc(-n5nc(C)cc5C)nn4)CC3)n(C)n2)c1. The summed E-state index contributed by atoms with van der Waals surface area (Å²) < 4.78 is 14.3. The van der Waals surface area contributed by atoms with Crippen molar-refractivity contribution in [2.24, 2.45) is 7.05 Å². The fourth-order valence-corrected chi connectivity index (χ4v) is 4.57. The number of ether oxygens (including phenoxy) is 2. The molecular weight excluding hydrogens is 472 g/mol. The standard InChI is InChI=1S/C26H30N8O3/c1-17-14-18(2)34(29-17)25-9-8-24(27-28-25)32-10-12-33(13-11-32)26(35)22-16-21(30-31(22)3)20-15-19(36-4)6-7-23(20)37-5/h6-9,14-16H,10-13H2,1-5H3. The molecule has 11 nitrogen and oxygen atoms in total. The zero-order valence-electron chi connectivity index (χ0n) is 21.7. The van der Waals surface area contributed by atoms with Gasteiger partial charge in [-0.15, -0.1) is 10.2 Å². The van der Waals surface area contributed by atoms with E-state index in [1.165, 1.54) is 0 Å². The van der Waals surface area contributed by atoms with Gasteiger partial charge in [0.15, 0.2) is 11.6 Å². The normalized spacial score (nSPS) is 13.6. The molecule has 4 aromatic rings. The molecule has 1 saturated heterocycles. The first-order valence-corrected chi connectivity index (χ1v) is 12.1. The Bertz CT molecular complexity index is 1420. The van der Waals surface area contributed by atoms with Crippen LogP contribution >= 0.6 is 0 Å². The second kappa shape index (κ2) is 9.92. The van der Waals surface area contributed by atoms with Gasteiger partial charge < -0.3 is 19.3 Å².